The highest BCUT2D eigenvalue weighted by atomic mass is 35.5. The van der Waals surface area contributed by atoms with Gasteiger partial charge in [-0.05, 0) is 19.1 Å². The summed E-state index contributed by atoms with van der Waals surface area (Å²) in [4.78, 5) is 25.0. The number of esters is 1. The van der Waals surface area contributed by atoms with E-state index in [0.717, 1.165) is 17.0 Å². The maximum absolute atomic E-state index is 13.5. The second kappa shape index (κ2) is 8.00. The zero-order valence-corrected chi connectivity index (χ0v) is 12.9. The van der Waals surface area contributed by atoms with Gasteiger partial charge in [0.1, 0.15) is 12.4 Å². The highest BCUT2D eigenvalue weighted by Crippen LogP contribution is 2.25. The Morgan fingerprint density at radius 1 is 1.38 bits per heavy atom. The Kier molecular flexibility index (Phi) is 6.65. The number of benzene rings is 1. The Morgan fingerprint density at radius 2 is 2.05 bits per heavy atom. The molecule has 0 atom stereocenters. The molecule has 1 amide bonds. The van der Waals surface area contributed by atoms with Crippen molar-refractivity contribution in [2.24, 2.45) is 0 Å². The molecule has 7 heteroatoms. The Labute approximate surface area is 132 Å². The van der Waals surface area contributed by atoms with Crippen molar-refractivity contribution in [3.05, 3.63) is 46.2 Å². The first-order chi connectivity index (χ1) is 9.90. The van der Waals surface area contributed by atoms with E-state index >= 15 is 0 Å². The van der Waals surface area contributed by atoms with Crippen molar-refractivity contribution in [2.75, 3.05) is 19.7 Å². The van der Waals surface area contributed by atoms with Crippen LogP contribution in [0.1, 0.15) is 17.3 Å². The first-order valence-electron chi connectivity index (χ1n) is 6.11. The van der Waals surface area contributed by atoms with Gasteiger partial charge in [0.25, 0.3) is 5.91 Å². The standard InChI is InChI=1S/C14H14Cl2FNO3/c1-3-5-18(8-13(19)21-4-2)14(20)9-6-12(17)11(16)7-10(9)15/h3,6-7H,1,4-5,8H2,2H3. The maximum atomic E-state index is 13.5. The molecule has 0 saturated carbocycles. The summed E-state index contributed by atoms with van der Waals surface area (Å²) in [5.74, 6) is -1.94. The van der Waals surface area contributed by atoms with Crippen LogP contribution in [0.4, 0.5) is 4.39 Å². The van der Waals surface area contributed by atoms with E-state index in [-0.39, 0.29) is 35.3 Å². The molecule has 0 saturated heterocycles. The van der Waals surface area contributed by atoms with Gasteiger partial charge in [0.05, 0.1) is 22.2 Å². The number of carbonyl (C=O) groups is 2. The third kappa shape index (κ3) is 4.72. The number of nitrogens with zero attached hydrogens (tertiary/aromatic N) is 1. The normalized spacial score (nSPS) is 10.1. The average molecular weight is 334 g/mol. The fraction of sp³-hybridized carbons (Fsp3) is 0.286. The highest BCUT2D eigenvalue weighted by molar-refractivity contribution is 6.36. The van der Waals surface area contributed by atoms with E-state index in [1.807, 2.05) is 0 Å². The van der Waals surface area contributed by atoms with Gasteiger partial charge in [0.15, 0.2) is 0 Å². The molecule has 21 heavy (non-hydrogen) atoms. The predicted molar refractivity (Wildman–Crippen MR) is 79.2 cm³/mol. The molecule has 0 aliphatic carbocycles. The molecule has 1 aromatic carbocycles. The Morgan fingerprint density at radius 3 is 2.62 bits per heavy atom. The van der Waals surface area contributed by atoms with Crippen LogP contribution in [0.3, 0.4) is 0 Å². The summed E-state index contributed by atoms with van der Waals surface area (Å²) in [5, 5.41) is -0.179. The quantitative estimate of drug-likeness (QED) is 0.455. The minimum atomic E-state index is -0.765. The number of halogens is 3. The number of ether oxygens (including phenoxy) is 1. The van der Waals surface area contributed by atoms with Gasteiger partial charge in [-0.25, -0.2) is 4.39 Å². The van der Waals surface area contributed by atoms with Crippen LogP contribution in [-0.4, -0.2) is 36.5 Å². The molecular formula is C14H14Cl2FNO3. The van der Waals surface area contributed by atoms with Gasteiger partial charge in [-0.15, -0.1) is 6.58 Å². The number of hydrogen-bond donors (Lipinski definition) is 0. The molecule has 4 nitrogen and oxygen atoms in total. The summed E-state index contributed by atoms with van der Waals surface area (Å²) in [6.45, 7) is 5.18. The molecule has 0 bridgehead atoms. The minimum Gasteiger partial charge on any atom is -0.465 e. The first-order valence-corrected chi connectivity index (χ1v) is 6.86. The summed E-state index contributed by atoms with van der Waals surface area (Å²) in [6.07, 6.45) is 1.44. The van der Waals surface area contributed by atoms with Crippen molar-refractivity contribution in [1.82, 2.24) is 4.90 Å². The van der Waals surface area contributed by atoms with Crippen LogP contribution < -0.4 is 0 Å². The molecule has 0 unspecified atom stereocenters. The third-order valence-electron chi connectivity index (χ3n) is 2.50. The minimum absolute atomic E-state index is 0.00400. The second-order valence-electron chi connectivity index (χ2n) is 4.03. The fourth-order valence-corrected chi connectivity index (χ4v) is 2.06. The molecule has 0 fully saturated rings. The molecule has 0 N–H and O–H groups in total. The monoisotopic (exact) mass is 333 g/mol. The van der Waals surface area contributed by atoms with Crippen LogP contribution in [-0.2, 0) is 9.53 Å². The molecule has 0 spiro atoms. The molecule has 1 aromatic rings. The summed E-state index contributed by atoms with van der Waals surface area (Å²) >= 11 is 11.5. The lowest BCUT2D eigenvalue weighted by Gasteiger charge is -2.20. The number of carbonyl (C=O) groups excluding carboxylic acids is 2. The summed E-state index contributed by atoms with van der Waals surface area (Å²) in [7, 11) is 0. The molecule has 0 heterocycles. The molecular weight excluding hydrogens is 320 g/mol. The first kappa shape index (κ1) is 17.5. The molecule has 114 valence electrons. The maximum Gasteiger partial charge on any atom is 0.325 e. The SMILES string of the molecule is C=CCN(CC(=O)OCC)C(=O)c1cc(F)c(Cl)cc1Cl. The smallest absolute Gasteiger partial charge is 0.325 e. The van der Waals surface area contributed by atoms with Crippen molar-refractivity contribution in [3.63, 3.8) is 0 Å². The second-order valence-corrected chi connectivity index (χ2v) is 4.84. The van der Waals surface area contributed by atoms with Crippen molar-refractivity contribution >= 4 is 35.1 Å². The largest absolute Gasteiger partial charge is 0.465 e. The van der Waals surface area contributed by atoms with Crippen LogP contribution >= 0.6 is 23.2 Å². The summed E-state index contributed by atoms with van der Waals surface area (Å²) in [5.41, 5.74) is -0.0790. The molecule has 0 aromatic heterocycles. The predicted octanol–water partition coefficient (Wildman–Crippen LogP) is 3.32. The van der Waals surface area contributed by atoms with Gasteiger partial charge >= 0.3 is 5.97 Å². The number of hydrogen-bond acceptors (Lipinski definition) is 3. The van der Waals surface area contributed by atoms with Gasteiger partial charge in [0.2, 0.25) is 0 Å². The van der Waals surface area contributed by atoms with Gasteiger partial charge in [-0.2, -0.15) is 0 Å². The molecule has 1 rings (SSSR count). The van der Waals surface area contributed by atoms with Crippen LogP contribution in [0, 0.1) is 5.82 Å². The zero-order chi connectivity index (χ0) is 16.0. The van der Waals surface area contributed by atoms with E-state index in [9.17, 15) is 14.0 Å². The van der Waals surface area contributed by atoms with E-state index in [0.29, 0.717) is 0 Å². The lowest BCUT2D eigenvalue weighted by molar-refractivity contribution is -0.143. The lowest BCUT2D eigenvalue weighted by Crippen LogP contribution is -2.36. The third-order valence-corrected chi connectivity index (χ3v) is 3.10. The van der Waals surface area contributed by atoms with E-state index < -0.39 is 17.7 Å². The van der Waals surface area contributed by atoms with Crippen LogP contribution in [0.2, 0.25) is 10.0 Å². The van der Waals surface area contributed by atoms with Gasteiger partial charge in [-0.1, -0.05) is 29.3 Å². The number of amides is 1. The average Bonchev–Trinajstić information content (AvgIpc) is 2.42. The molecule has 0 aliphatic heterocycles. The Bertz CT molecular complexity index is 563. The zero-order valence-electron chi connectivity index (χ0n) is 11.4. The highest BCUT2D eigenvalue weighted by Gasteiger charge is 2.22. The van der Waals surface area contributed by atoms with Crippen molar-refractivity contribution in [1.29, 1.82) is 0 Å². The summed E-state index contributed by atoms with van der Waals surface area (Å²) in [6, 6.07) is 2.08. The fourth-order valence-electron chi connectivity index (χ4n) is 1.59. The van der Waals surface area contributed by atoms with Crippen LogP contribution in [0.25, 0.3) is 0 Å². The van der Waals surface area contributed by atoms with E-state index in [1.54, 1.807) is 6.92 Å². The van der Waals surface area contributed by atoms with E-state index in [4.69, 9.17) is 27.9 Å². The van der Waals surface area contributed by atoms with Gasteiger partial charge in [0, 0.05) is 6.54 Å². The van der Waals surface area contributed by atoms with E-state index in [2.05, 4.69) is 6.58 Å². The van der Waals surface area contributed by atoms with Crippen molar-refractivity contribution in [3.8, 4) is 0 Å². The van der Waals surface area contributed by atoms with Crippen LogP contribution in [0.15, 0.2) is 24.8 Å². The van der Waals surface area contributed by atoms with Gasteiger partial charge in [-0.3, -0.25) is 9.59 Å². The van der Waals surface area contributed by atoms with Crippen molar-refractivity contribution in [2.45, 2.75) is 6.92 Å². The Balaban J connectivity index is 3.03. The van der Waals surface area contributed by atoms with Gasteiger partial charge < -0.3 is 9.64 Å². The van der Waals surface area contributed by atoms with Crippen LogP contribution in [0.5, 0.6) is 0 Å². The summed E-state index contributed by atoms with van der Waals surface area (Å²) < 4.78 is 18.3. The topological polar surface area (TPSA) is 46.6 Å². The van der Waals surface area contributed by atoms with Crippen molar-refractivity contribution < 1.29 is 18.7 Å². The molecule has 0 aliphatic rings. The molecule has 0 radical (unpaired) electrons. The Hall–Kier alpha value is -1.59. The van der Waals surface area contributed by atoms with E-state index in [1.165, 1.54) is 6.08 Å². The lowest BCUT2D eigenvalue weighted by atomic mass is 10.2. The number of rotatable bonds is 6.